The molecule has 0 saturated carbocycles. The molecule has 0 aromatic heterocycles. The Morgan fingerprint density at radius 1 is 1.25 bits per heavy atom. The zero-order valence-electron chi connectivity index (χ0n) is 5.73. The van der Waals surface area contributed by atoms with Crippen molar-refractivity contribution in [3.05, 3.63) is 28.7 Å². The van der Waals surface area contributed by atoms with Gasteiger partial charge in [0.15, 0.2) is 0 Å². The molecule has 0 amide bonds. The second-order valence-corrected chi connectivity index (χ2v) is 5.51. The molecule has 1 aromatic rings. The highest BCUT2D eigenvalue weighted by atomic mass is 79.9. The molecule has 0 fully saturated rings. The molecule has 0 heterocycles. The highest BCUT2D eigenvalue weighted by molar-refractivity contribution is 9.11. The second kappa shape index (κ2) is 4.07. The number of hydrogen-bond donors (Lipinski definition) is 0. The third-order valence-corrected chi connectivity index (χ3v) is 3.31. The summed E-state index contributed by atoms with van der Waals surface area (Å²) in [7, 11) is 0. The lowest BCUT2D eigenvalue weighted by atomic mass is 10.4. The molecule has 0 spiro atoms. The van der Waals surface area contributed by atoms with Gasteiger partial charge in [-0.3, -0.25) is 0 Å². The smallest absolute Gasteiger partial charge is 0.182 e. The molecule has 0 aliphatic rings. The van der Waals surface area contributed by atoms with Crippen molar-refractivity contribution in [2.24, 2.45) is 0 Å². The van der Waals surface area contributed by atoms with Gasteiger partial charge in [0.05, 0.1) is 0 Å². The molecular weight excluding hydrogens is 314 g/mol. The summed E-state index contributed by atoms with van der Waals surface area (Å²) < 4.78 is 22.7. The van der Waals surface area contributed by atoms with Gasteiger partial charge in [-0.15, -0.1) is 0 Å². The molecule has 1 aromatic carbocycles. The molecule has 0 radical (unpaired) electrons. The highest BCUT2D eigenvalue weighted by Crippen LogP contribution is 2.43. The van der Waals surface area contributed by atoms with Crippen molar-refractivity contribution in [1.82, 2.24) is 0 Å². The number of halogens is 4. The molecule has 66 valence electrons. The van der Waals surface area contributed by atoms with E-state index >= 15 is 0 Å². The van der Waals surface area contributed by atoms with Crippen LogP contribution in [0.15, 0.2) is 33.6 Å². The molecule has 0 saturated heterocycles. The minimum atomic E-state index is -2.91. The number of hydrogen-bond acceptors (Lipinski definition) is 1. The van der Waals surface area contributed by atoms with E-state index in [2.05, 4.69) is 31.9 Å². The van der Waals surface area contributed by atoms with Crippen LogP contribution in [0.1, 0.15) is 0 Å². The fourth-order valence-electron chi connectivity index (χ4n) is 0.652. The molecule has 0 nitrogen and oxygen atoms in total. The average Bonchev–Trinajstić information content (AvgIpc) is 1.91. The molecule has 0 bridgehead atoms. The molecule has 0 aliphatic carbocycles. The molecule has 0 atom stereocenters. The van der Waals surface area contributed by atoms with Gasteiger partial charge in [-0.1, -0.05) is 12.1 Å². The van der Waals surface area contributed by atoms with Gasteiger partial charge in [-0.05, 0) is 39.8 Å². The Hall–Kier alpha value is 0.390. The summed E-state index contributed by atoms with van der Waals surface area (Å²) in [6.07, 6.45) is 0. The zero-order chi connectivity index (χ0) is 9.19. The van der Waals surface area contributed by atoms with Gasteiger partial charge in [0.25, 0.3) is 0 Å². The van der Waals surface area contributed by atoms with E-state index in [1.54, 1.807) is 24.3 Å². The lowest BCUT2D eigenvalue weighted by Gasteiger charge is -2.08. The van der Waals surface area contributed by atoms with Crippen LogP contribution in [0.4, 0.5) is 8.78 Å². The van der Waals surface area contributed by atoms with E-state index in [0.717, 1.165) is 0 Å². The largest absolute Gasteiger partial charge is 0.353 e. The normalized spacial score (nSPS) is 11.7. The number of rotatable bonds is 2. The number of benzene rings is 1. The molecular formula is C7H4Br2F2S. The third-order valence-electron chi connectivity index (χ3n) is 1.06. The Balaban J connectivity index is 2.83. The zero-order valence-corrected chi connectivity index (χ0v) is 9.72. The topological polar surface area (TPSA) is 0 Å². The standard InChI is InChI=1S/C7H4Br2F2S/c8-5-3-1-2-4-6(5)12-7(9,10)11/h1-4H. The van der Waals surface area contributed by atoms with Gasteiger partial charge in [-0.2, -0.15) is 8.78 Å². The molecule has 12 heavy (non-hydrogen) atoms. The first-order valence-electron chi connectivity index (χ1n) is 2.99. The Labute approximate surface area is 90.0 Å². The summed E-state index contributed by atoms with van der Waals surface area (Å²) in [5, 5.41) is 0. The van der Waals surface area contributed by atoms with Crippen LogP contribution in [-0.4, -0.2) is 4.16 Å². The van der Waals surface area contributed by atoms with Crippen LogP contribution in [0.25, 0.3) is 0 Å². The Bertz CT molecular complexity index is 272. The lowest BCUT2D eigenvalue weighted by molar-refractivity contribution is 0.221. The van der Waals surface area contributed by atoms with Crippen molar-refractivity contribution in [1.29, 1.82) is 0 Å². The first-order chi connectivity index (χ1) is 5.49. The Kier molecular flexibility index (Phi) is 3.55. The minimum Gasteiger partial charge on any atom is -0.182 e. The van der Waals surface area contributed by atoms with E-state index < -0.39 is 4.16 Å². The van der Waals surface area contributed by atoms with Crippen LogP contribution in [0, 0.1) is 0 Å². The van der Waals surface area contributed by atoms with Crippen molar-refractivity contribution >= 4 is 43.6 Å². The number of thioether (sulfide) groups is 1. The fraction of sp³-hybridized carbons (Fsp3) is 0.143. The predicted octanol–water partition coefficient (Wildman–Crippen LogP) is 4.49. The monoisotopic (exact) mass is 316 g/mol. The Morgan fingerprint density at radius 3 is 2.33 bits per heavy atom. The maximum absolute atomic E-state index is 12.4. The van der Waals surface area contributed by atoms with Gasteiger partial charge in [-0.25, -0.2) is 0 Å². The molecule has 5 heteroatoms. The summed E-state index contributed by atoms with van der Waals surface area (Å²) in [6, 6.07) is 6.84. The van der Waals surface area contributed by atoms with Crippen molar-refractivity contribution in [3.63, 3.8) is 0 Å². The van der Waals surface area contributed by atoms with Crippen molar-refractivity contribution in [2.75, 3.05) is 0 Å². The number of alkyl halides is 3. The summed E-state index contributed by atoms with van der Waals surface area (Å²) >= 11 is 5.90. The van der Waals surface area contributed by atoms with Gasteiger partial charge >= 0.3 is 4.16 Å². The van der Waals surface area contributed by atoms with Crippen molar-refractivity contribution < 1.29 is 8.78 Å². The second-order valence-electron chi connectivity index (χ2n) is 1.98. The van der Waals surface area contributed by atoms with Crippen LogP contribution in [0.2, 0.25) is 0 Å². The maximum Gasteiger partial charge on any atom is 0.353 e. The molecule has 0 aliphatic heterocycles. The van der Waals surface area contributed by atoms with E-state index in [4.69, 9.17) is 0 Å². The third kappa shape index (κ3) is 3.41. The van der Waals surface area contributed by atoms with Gasteiger partial charge in [0, 0.05) is 25.3 Å². The summed E-state index contributed by atoms with van der Waals surface area (Å²) in [5.74, 6) is 0. The van der Waals surface area contributed by atoms with E-state index in [9.17, 15) is 8.78 Å². The SMILES string of the molecule is FC(F)(Br)Sc1ccccc1Br. The first-order valence-corrected chi connectivity index (χ1v) is 5.39. The molecule has 1 rings (SSSR count). The lowest BCUT2D eigenvalue weighted by Crippen LogP contribution is -1.96. The van der Waals surface area contributed by atoms with E-state index in [1.807, 2.05) is 0 Å². The van der Waals surface area contributed by atoms with Crippen LogP contribution in [0.5, 0.6) is 0 Å². The first kappa shape index (κ1) is 10.5. The quantitative estimate of drug-likeness (QED) is 0.572. The fourth-order valence-corrected chi connectivity index (χ4v) is 2.26. The average molecular weight is 318 g/mol. The van der Waals surface area contributed by atoms with Crippen molar-refractivity contribution in [3.8, 4) is 0 Å². The van der Waals surface area contributed by atoms with Gasteiger partial charge in [0.1, 0.15) is 0 Å². The van der Waals surface area contributed by atoms with Crippen molar-refractivity contribution in [2.45, 2.75) is 9.06 Å². The van der Waals surface area contributed by atoms with Gasteiger partial charge in [0.2, 0.25) is 0 Å². The van der Waals surface area contributed by atoms with Gasteiger partial charge < -0.3 is 0 Å². The molecule has 0 unspecified atom stereocenters. The van der Waals surface area contributed by atoms with E-state index in [0.29, 0.717) is 21.1 Å². The van der Waals surface area contributed by atoms with Crippen LogP contribution >= 0.6 is 43.6 Å². The summed E-state index contributed by atoms with van der Waals surface area (Å²) in [6.45, 7) is 0. The highest BCUT2D eigenvalue weighted by Gasteiger charge is 2.26. The summed E-state index contributed by atoms with van der Waals surface area (Å²) in [4.78, 5) is 0.513. The maximum atomic E-state index is 12.4. The Morgan fingerprint density at radius 2 is 1.83 bits per heavy atom. The summed E-state index contributed by atoms with van der Waals surface area (Å²) in [5.41, 5.74) is 0. The molecule has 0 N–H and O–H groups in total. The minimum absolute atomic E-state index is 0.464. The van der Waals surface area contributed by atoms with E-state index in [1.165, 1.54) is 0 Å². The predicted molar refractivity (Wildman–Crippen MR) is 53.9 cm³/mol. The van der Waals surface area contributed by atoms with Crippen LogP contribution < -0.4 is 0 Å². The van der Waals surface area contributed by atoms with E-state index in [-0.39, 0.29) is 0 Å². The van der Waals surface area contributed by atoms with Crippen LogP contribution in [0.3, 0.4) is 0 Å². The van der Waals surface area contributed by atoms with Crippen LogP contribution in [-0.2, 0) is 0 Å².